The van der Waals surface area contributed by atoms with Crippen LogP contribution in [0.1, 0.15) is 28.4 Å². The zero-order chi connectivity index (χ0) is 14.6. The Bertz CT molecular complexity index is 577. The van der Waals surface area contributed by atoms with Crippen LogP contribution in [0.4, 0.5) is 0 Å². The maximum atomic E-state index is 11.6. The van der Waals surface area contributed by atoms with Crippen LogP contribution in [-0.4, -0.2) is 12.6 Å². The van der Waals surface area contributed by atoms with Crippen LogP contribution in [-0.2, 0) is 9.07 Å². The van der Waals surface area contributed by atoms with E-state index in [0.29, 0.717) is 17.7 Å². The molecule has 0 saturated heterocycles. The number of carbonyl (C=O) groups is 1. The summed E-state index contributed by atoms with van der Waals surface area (Å²) >= 11 is 12.9. The molecule has 20 heavy (non-hydrogen) atoms. The van der Waals surface area contributed by atoms with Crippen molar-refractivity contribution in [2.24, 2.45) is 0 Å². The first-order valence-corrected chi connectivity index (χ1v) is 7.02. The second-order valence-corrected chi connectivity index (χ2v) is 5.57. The fraction of sp³-hybridized carbons (Fsp3) is 0.188. The van der Waals surface area contributed by atoms with Crippen molar-refractivity contribution in [3.05, 3.63) is 71.3 Å². The molecule has 0 fully saturated rings. The van der Waals surface area contributed by atoms with Gasteiger partial charge in [-0.3, -0.25) is 0 Å². The summed E-state index contributed by atoms with van der Waals surface area (Å²) in [5.74, 6) is -0.353. The number of esters is 1. The quantitative estimate of drug-likeness (QED) is 0.612. The third-order valence-corrected chi connectivity index (χ3v) is 3.77. The number of hydrogen-bond acceptors (Lipinski definition) is 2. The summed E-state index contributed by atoms with van der Waals surface area (Å²) in [6.45, 7) is 2.11. The van der Waals surface area contributed by atoms with Crippen LogP contribution >= 0.6 is 23.2 Å². The Hall–Kier alpha value is -1.51. The standard InChI is InChI=1S/C16H14Cl2O2/c1-2-20-15(19)12-8-10-14(11-9-12)16(17,18)13-6-4-3-5-7-13/h3-11H,2H2,1H3. The fourth-order valence-electron chi connectivity index (χ4n) is 1.84. The lowest BCUT2D eigenvalue weighted by molar-refractivity contribution is 0.0526. The van der Waals surface area contributed by atoms with Crippen molar-refractivity contribution in [3.8, 4) is 0 Å². The highest BCUT2D eigenvalue weighted by molar-refractivity contribution is 6.50. The van der Waals surface area contributed by atoms with Crippen molar-refractivity contribution < 1.29 is 9.53 Å². The van der Waals surface area contributed by atoms with E-state index in [9.17, 15) is 4.79 Å². The first kappa shape index (κ1) is 14.9. The predicted octanol–water partition coefficient (Wildman–Crippen LogP) is 4.54. The molecule has 0 aromatic heterocycles. The molecule has 0 aliphatic carbocycles. The summed E-state index contributed by atoms with van der Waals surface area (Å²) in [6.07, 6.45) is 0. The average molecular weight is 309 g/mol. The van der Waals surface area contributed by atoms with Crippen molar-refractivity contribution >= 4 is 29.2 Å². The van der Waals surface area contributed by atoms with Gasteiger partial charge in [-0.05, 0) is 30.2 Å². The smallest absolute Gasteiger partial charge is 0.338 e. The van der Waals surface area contributed by atoms with Crippen molar-refractivity contribution in [2.45, 2.75) is 11.3 Å². The minimum atomic E-state index is -1.14. The molecule has 2 aromatic rings. The molecule has 4 heteroatoms. The molecule has 2 aromatic carbocycles. The van der Waals surface area contributed by atoms with Crippen molar-refractivity contribution in [2.75, 3.05) is 6.61 Å². The molecule has 0 atom stereocenters. The predicted molar refractivity (Wildman–Crippen MR) is 81.3 cm³/mol. The van der Waals surface area contributed by atoms with Crippen LogP contribution in [0.3, 0.4) is 0 Å². The molecule has 2 rings (SSSR count). The van der Waals surface area contributed by atoms with E-state index in [1.165, 1.54) is 0 Å². The fourth-order valence-corrected chi connectivity index (χ4v) is 2.35. The molecule has 0 spiro atoms. The molecule has 104 valence electrons. The number of benzene rings is 2. The molecule has 0 aliphatic heterocycles. The molecule has 0 amide bonds. The third-order valence-electron chi connectivity index (χ3n) is 2.89. The Morgan fingerprint density at radius 1 is 1.00 bits per heavy atom. The van der Waals surface area contributed by atoms with Gasteiger partial charge in [0, 0.05) is 0 Å². The normalized spacial score (nSPS) is 11.2. The van der Waals surface area contributed by atoms with Crippen molar-refractivity contribution in [3.63, 3.8) is 0 Å². The van der Waals surface area contributed by atoms with Gasteiger partial charge in [-0.1, -0.05) is 65.7 Å². The van der Waals surface area contributed by atoms with E-state index in [1.54, 1.807) is 31.2 Å². The Morgan fingerprint density at radius 3 is 2.10 bits per heavy atom. The van der Waals surface area contributed by atoms with Gasteiger partial charge in [0.25, 0.3) is 0 Å². The highest BCUT2D eigenvalue weighted by Gasteiger charge is 2.28. The zero-order valence-corrected chi connectivity index (χ0v) is 12.5. The van der Waals surface area contributed by atoms with Crippen LogP contribution < -0.4 is 0 Å². The van der Waals surface area contributed by atoms with E-state index >= 15 is 0 Å². The van der Waals surface area contributed by atoms with Crippen LogP contribution in [0.2, 0.25) is 0 Å². The van der Waals surface area contributed by atoms with Gasteiger partial charge in [0.05, 0.1) is 12.2 Å². The summed E-state index contributed by atoms with van der Waals surface area (Å²) in [4.78, 5) is 11.6. The third kappa shape index (κ3) is 3.14. The summed E-state index contributed by atoms with van der Waals surface area (Å²) in [6, 6.07) is 16.2. The molecule has 0 heterocycles. The van der Waals surface area contributed by atoms with E-state index < -0.39 is 4.33 Å². The van der Waals surface area contributed by atoms with E-state index in [-0.39, 0.29) is 5.97 Å². The van der Waals surface area contributed by atoms with Gasteiger partial charge < -0.3 is 4.74 Å². The van der Waals surface area contributed by atoms with Gasteiger partial charge in [-0.25, -0.2) is 4.79 Å². The summed E-state index contributed by atoms with van der Waals surface area (Å²) in [5.41, 5.74) is 1.97. The SMILES string of the molecule is CCOC(=O)c1ccc(C(Cl)(Cl)c2ccccc2)cc1. The Balaban J connectivity index is 2.28. The van der Waals surface area contributed by atoms with E-state index in [0.717, 1.165) is 5.56 Å². The highest BCUT2D eigenvalue weighted by atomic mass is 35.5. The number of halogens is 2. The molecule has 0 saturated carbocycles. The lowest BCUT2D eigenvalue weighted by Crippen LogP contribution is -2.13. The minimum absolute atomic E-state index is 0.347. The van der Waals surface area contributed by atoms with Gasteiger partial charge in [0.1, 0.15) is 0 Å². The summed E-state index contributed by atoms with van der Waals surface area (Å²) in [7, 11) is 0. The second kappa shape index (κ2) is 6.29. The number of hydrogen-bond donors (Lipinski definition) is 0. The Labute approximate surface area is 128 Å². The summed E-state index contributed by atoms with van der Waals surface area (Å²) < 4.78 is 3.79. The molecule has 0 radical (unpaired) electrons. The molecule has 2 nitrogen and oxygen atoms in total. The largest absolute Gasteiger partial charge is 0.462 e. The van der Waals surface area contributed by atoms with E-state index in [4.69, 9.17) is 27.9 Å². The number of carbonyl (C=O) groups excluding carboxylic acids is 1. The molecule has 0 bridgehead atoms. The van der Waals surface area contributed by atoms with Crippen LogP contribution in [0.25, 0.3) is 0 Å². The first-order chi connectivity index (χ1) is 9.55. The monoisotopic (exact) mass is 308 g/mol. The van der Waals surface area contributed by atoms with Gasteiger partial charge >= 0.3 is 5.97 Å². The van der Waals surface area contributed by atoms with Crippen LogP contribution in [0, 0.1) is 0 Å². The Morgan fingerprint density at radius 2 is 1.55 bits per heavy atom. The van der Waals surface area contributed by atoms with Gasteiger partial charge in [-0.15, -0.1) is 0 Å². The number of ether oxygens (including phenoxy) is 1. The topological polar surface area (TPSA) is 26.3 Å². The molecule has 0 N–H and O–H groups in total. The lowest BCUT2D eigenvalue weighted by atomic mass is 10.0. The van der Waals surface area contributed by atoms with Gasteiger partial charge in [-0.2, -0.15) is 0 Å². The van der Waals surface area contributed by atoms with Crippen molar-refractivity contribution in [1.29, 1.82) is 0 Å². The maximum absolute atomic E-state index is 11.6. The Kier molecular flexibility index (Phi) is 4.69. The lowest BCUT2D eigenvalue weighted by Gasteiger charge is -2.20. The van der Waals surface area contributed by atoms with Crippen molar-refractivity contribution in [1.82, 2.24) is 0 Å². The zero-order valence-electron chi connectivity index (χ0n) is 11.0. The number of rotatable bonds is 4. The van der Waals surface area contributed by atoms with Crippen LogP contribution in [0.5, 0.6) is 0 Å². The second-order valence-electron chi connectivity index (χ2n) is 4.24. The van der Waals surface area contributed by atoms with Crippen LogP contribution in [0.15, 0.2) is 54.6 Å². The molecular weight excluding hydrogens is 295 g/mol. The molecule has 0 aliphatic rings. The maximum Gasteiger partial charge on any atom is 0.338 e. The molecule has 0 unspecified atom stereocenters. The first-order valence-electron chi connectivity index (χ1n) is 6.26. The average Bonchev–Trinajstić information content (AvgIpc) is 2.48. The van der Waals surface area contributed by atoms with Gasteiger partial charge in [0.2, 0.25) is 0 Å². The van der Waals surface area contributed by atoms with E-state index in [1.807, 2.05) is 30.3 Å². The highest BCUT2D eigenvalue weighted by Crippen LogP contribution is 2.40. The molecular formula is C16H14Cl2O2. The summed E-state index contributed by atoms with van der Waals surface area (Å²) in [5, 5.41) is 0. The van der Waals surface area contributed by atoms with Gasteiger partial charge in [0.15, 0.2) is 4.33 Å². The minimum Gasteiger partial charge on any atom is -0.462 e. The van der Waals surface area contributed by atoms with E-state index in [2.05, 4.69) is 0 Å². The number of alkyl halides is 2.